The minimum atomic E-state index is -0.148. The van der Waals surface area contributed by atoms with E-state index < -0.39 is 0 Å². The van der Waals surface area contributed by atoms with Gasteiger partial charge < -0.3 is 9.64 Å². The van der Waals surface area contributed by atoms with E-state index >= 15 is 0 Å². The second-order valence-corrected chi connectivity index (χ2v) is 6.35. The number of hydrogen-bond acceptors (Lipinski definition) is 5. The van der Waals surface area contributed by atoms with Crippen molar-refractivity contribution >= 4 is 33.3 Å². The van der Waals surface area contributed by atoms with Crippen LogP contribution >= 0.6 is 11.3 Å². The smallest absolute Gasteiger partial charge is 0.287 e. The van der Waals surface area contributed by atoms with E-state index in [2.05, 4.69) is 9.97 Å². The number of hydrogen-bond donors (Lipinski definition) is 0. The number of fused-ring (bicyclic) bond motifs is 1. The first-order chi connectivity index (χ1) is 11.0. The Balaban J connectivity index is 1.81. The molecule has 0 N–H and O–H groups in total. The fraction of sp³-hybridized carbons (Fsp3) is 0.235. The van der Waals surface area contributed by atoms with Crippen LogP contribution in [-0.2, 0) is 0 Å². The molecule has 5 nitrogen and oxygen atoms in total. The zero-order valence-corrected chi connectivity index (χ0v) is 14.0. The summed E-state index contributed by atoms with van der Waals surface area (Å²) in [7, 11) is 1.74. The molecule has 1 aromatic carbocycles. The fourth-order valence-electron chi connectivity index (χ4n) is 2.14. The molecule has 0 aliphatic heterocycles. The second kappa shape index (κ2) is 6.34. The predicted molar refractivity (Wildman–Crippen MR) is 92.4 cm³/mol. The SMILES string of the molecule is CC(C)Oc1ccc(N(C)C(=O)c2nc3cccnc3s2)cc1. The van der Waals surface area contributed by atoms with Gasteiger partial charge in [0.1, 0.15) is 16.1 Å². The van der Waals surface area contributed by atoms with Gasteiger partial charge in [-0.25, -0.2) is 9.97 Å². The van der Waals surface area contributed by atoms with E-state index in [1.165, 1.54) is 11.3 Å². The van der Waals surface area contributed by atoms with Gasteiger partial charge in [-0.2, -0.15) is 0 Å². The monoisotopic (exact) mass is 327 g/mol. The maximum atomic E-state index is 12.6. The lowest BCUT2D eigenvalue weighted by Gasteiger charge is -2.17. The molecular weight excluding hydrogens is 310 g/mol. The summed E-state index contributed by atoms with van der Waals surface area (Å²) in [6, 6.07) is 11.1. The Labute approximate surface area is 138 Å². The number of nitrogens with zero attached hydrogens (tertiary/aromatic N) is 3. The first-order valence-corrected chi connectivity index (χ1v) is 8.12. The van der Waals surface area contributed by atoms with Gasteiger partial charge in [-0.3, -0.25) is 4.79 Å². The average molecular weight is 327 g/mol. The highest BCUT2D eigenvalue weighted by atomic mass is 32.1. The summed E-state index contributed by atoms with van der Waals surface area (Å²) in [4.78, 5) is 23.5. The molecule has 3 aromatic rings. The van der Waals surface area contributed by atoms with Crippen molar-refractivity contribution in [1.82, 2.24) is 9.97 Å². The van der Waals surface area contributed by atoms with E-state index in [0.717, 1.165) is 21.8 Å². The molecule has 0 bridgehead atoms. The first-order valence-electron chi connectivity index (χ1n) is 7.31. The molecule has 0 fully saturated rings. The number of carbonyl (C=O) groups is 1. The quantitative estimate of drug-likeness (QED) is 0.732. The molecule has 2 heterocycles. The zero-order valence-electron chi connectivity index (χ0n) is 13.2. The van der Waals surface area contributed by atoms with Gasteiger partial charge >= 0.3 is 0 Å². The van der Waals surface area contributed by atoms with Gasteiger partial charge in [0.15, 0.2) is 5.01 Å². The lowest BCUT2D eigenvalue weighted by Crippen LogP contribution is -2.25. The maximum absolute atomic E-state index is 12.6. The predicted octanol–water partition coefficient (Wildman–Crippen LogP) is 3.76. The van der Waals surface area contributed by atoms with E-state index in [-0.39, 0.29) is 12.0 Å². The molecule has 0 saturated carbocycles. The van der Waals surface area contributed by atoms with Crippen LogP contribution < -0.4 is 9.64 Å². The molecule has 3 rings (SSSR count). The highest BCUT2D eigenvalue weighted by Crippen LogP contribution is 2.24. The molecule has 0 atom stereocenters. The lowest BCUT2D eigenvalue weighted by molar-refractivity contribution is 0.0993. The molecule has 0 aliphatic carbocycles. The van der Waals surface area contributed by atoms with Crippen LogP contribution in [-0.4, -0.2) is 29.0 Å². The molecule has 6 heteroatoms. The minimum absolute atomic E-state index is 0.121. The maximum Gasteiger partial charge on any atom is 0.287 e. The first kappa shape index (κ1) is 15.4. The molecule has 0 unspecified atom stereocenters. The summed E-state index contributed by atoms with van der Waals surface area (Å²) >= 11 is 1.30. The normalized spacial score (nSPS) is 11.0. The Kier molecular flexibility index (Phi) is 4.25. The van der Waals surface area contributed by atoms with Crippen LogP contribution in [0.2, 0.25) is 0 Å². The van der Waals surface area contributed by atoms with Crippen LogP contribution in [0.1, 0.15) is 23.6 Å². The number of carbonyl (C=O) groups excluding carboxylic acids is 1. The van der Waals surface area contributed by atoms with E-state index in [1.807, 2.05) is 50.2 Å². The standard InChI is InChI=1S/C17H17N3O2S/c1-11(2)22-13-8-6-12(7-9-13)20(3)17(21)16-19-14-5-4-10-18-15(14)23-16/h4-11H,1-3H3. The Hall–Kier alpha value is -2.47. The van der Waals surface area contributed by atoms with Crippen LogP contribution in [0.4, 0.5) is 5.69 Å². The Morgan fingerprint density at radius 3 is 2.61 bits per heavy atom. The van der Waals surface area contributed by atoms with Crippen molar-refractivity contribution in [3.63, 3.8) is 0 Å². The van der Waals surface area contributed by atoms with Crippen molar-refractivity contribution in [2.24, 2.45) is 0 Å². The third-order valence-electron chi connectivity index (χ3n) is 3.25. The van der Waals surface area contributed by atoms with Gasteiger partial charge in [0.25, 0.3) is 5.91 Å². The van der Waals surface area contributed by atoms with Gasteiger partial charge in [0, 0.05) is 18.9 Å². The number of pyridine rings is 1. The average Bonchev–Trinajstić information content (AvgIpc) is 2.97. The van der Waals surface area contributed by atoms with Crippen LogP contribution in [0, 0.1) is 0 Å². The van der Waals surface area contributed by atoms with E-state index in [4.69, 9.17) is 4.74 Å². The van der Waals surface area contributed by atoms with Gasteiger partial charge in [0.05, 0.1) is 6.10 Å². The molecule has 0 saturated heterocycles. The summed E-state index contributed by atoms with van der Waals surface area (Å²) in [5, 5.41) is 0.434. The summed E-state index contributed by atoms with van der Waals surface area (Å²) in [5.41, 5.74) is 1.54. The third-order valence-corrected chi connectivity index (χ3v) is 4.22. The molecular formula is C17H17N3O2S. The summed E-state index contributed by atoms with van der Waals surface area (Å²) < 4.78 is 5.61. The number of anilines is 1. The fourth-order valence-corrected chi connectivity index (χ4v) is 3.03. The van der Waals surface area contributed by atoms with Gasteiger partial charge in [-0.05, 0) is 50.2 Å². The third kappa shape index (κ3) is 3.32. The van der Waals surface area contributed by atoms with Crippen molar-refractivity contribution in [3.05, 3.63) is 47.6 Å². The summed E-state index contributed by atoms with van der Waals surface area (Å²) in [5.74, 6) is 0.638. The zero-order chi connectivity index (χ0) is 16.4. The van der Waals surface area contributed by atoms with E-state index in [9.17, 15) is 4.79 Å². The summed E-state index contributed by atoms with van der Waals surface area (Å²) in [6.45, 7) is 3.95. The van der Waals surface area contributed by atoms with Crippen molar-refractivity contribution < 1.29 is 9.53 Å². The van der Waals surface area contributed by atoms with Crippen molar-refractivity contribution in [2.45, 2.75) is 20.0 Å². The molecule has 118 valence electrons. The summed E-state index contributed by atoms with van der Waals surface area (Å²) in [6.07, 6.45) is 1.82. The lowest BCUT2D eigenvalue weighted by atomic mass is 10.2. The molecule has 0 spiro atoms. The Morgan fingerprint density at radius 1 is 1.22 bits per heavy atom. The topological polar surface area (TPSA) is 55.3 Å². The molecule has 0 aliphatic rings. The van der Waals surface area contributed by atoms with Gasteiger partial charge in [-0.1, -0.05) is 11.3 Å². The number of aromatic nitrogens is 2. The van der Waals surface area contributed by atoms with Crippen molar-refractivity contribution in [2.75, 3.05) is 11.9 Å². The Morgan fingerprint density at radius 2 is 1.96 bits per heavy atom. The second-order valence-electron chi connectivity index (χ2n) is 5.37. The van der Waals surface area contributed by atoms with Crippen LogP contribution in [0.25, 0.3) is 10.3 Å². The number of thiazole rings is 1. The molecule has 23 heavy (non-hydrogen) atoms. The molecule has 2 aromatic heterocycles. The highest BCUT2D eigenvalue weighted by Gasteiger charge is 2.18. The molecule has 1 amide bonds. The van der Waals surface area contributed by atoms with Crippen molar-refractivity contribution in [3.8, 4) is 5.75 Å². The largest absolute Gasteiger partial charge is 0.491 e. The van der Waals surface area contributed by atoms with Crippen LogP contribution in [0.15, 0.2) is 42.6 Å². The van der Waals surface area contributed by atoms with Gasteiger partial charge in [0.2, 0.25) is 0 Å². The van der Waals surface area contributed by atoms with Gasteiger partial charge in [-0.15, -0.1) is 0 Å². The molecule has 0 radical (unpaired) electrons. The number of benzene rings is 1. The highest BCUT2D eigenvalue weighted by molar-refractivity contribution is 7.20. The van der Waals surface area contributed by atoms with Crippen molar-refractivity contribution in [1.29, 1.82) is 0 Å². The van der Waals surface area contributed by atoms with E-state index in [0.29, 0.717) is 5.01 Å². The number of rotatable bonds is 4. The van der Waals surface area contributed by atoms with Crippen LogP contribution in [0.5, 0.6) is 5.75 Å². The minimum Gasteiger partial charge on any atom is -0.491 e. The van der Waals surface area contributed by atoms with Crippen LogP contribution in [0.3, 0.4) is 0 Å². The number of amides is 1. The Bertz CT molecular complexity index is 794. The number of ether oxygens (including phenoxy) is 1. The van der Waals surface area contributed by atoms with E-state index in [1.54, 1.807) is 18.1 Å².